The van der Waals surface area contributed by atoms with Crippen LogP contribution in [0, 0.1) is 0 Å². The molecule has 142 valence electrons. The number of hydrogen-bond donors (Lipinski definition) is 2. The Kier molecular flexibility index (Phi) is 5.59. The third-order valence-corrected chi connectivity index (χ3v) is 5.04. The lowest BCUT2D eigenvalue weighted by molar-refractivity contribution is -0.127. The number of aromatic amines is 1. The molecule has 1 fully saturated rings. The molecule has 3 heterocycles. The molecule has 1 saturated heterocycles. The fourth-order valence-corrected chi connectivity index (χ4v) is 3.44. The van der Waals surface area contributed by atoms with E-state index in [1.165, 1.54) is 6.08 Å². The molecule has 1 atom stereocenters. The number of aromatic nitrogens is 2. The van der Waals surface area contributed by atoms with Gasteiger partial charge in [-0.2, -0.15) is 0 Å². The van der Waals surface area contributed by atoms with Gasteiger partial charge in [0.15, 0.2) is 0 Å². The number of H-pyrrole nitrogens is 1. The van der Waals surface area contributed by atoms with Gasteiger partial charge in [-0.1, -0.05) is 6.58 Å². The molecule has 2 aromatic heterocycles. The van der Waals surface area contributed by atoms with Crippen LogP contribution in [0.2, 0.25) is 0 Å². The van der Waals surface area contributed by atoms with Crippen molar-refractivity contribution in [1.82, 2.24) is 14.9 Å². The summed E-state index contributed by atoms with van der Waals surface area (Å²) >= 11 is 0. The predicted molar refractivity (Wildman–Crippen MR) is 108 cm³/mol. The molecule has 1 unspecified atom stereocenters. The van der Waals surface area contributed by atoms with E-state index in [4.69, 9.17) is 0 Å². The van der Waals surface area contributed by atoms with Crippen LogP contribution in [0.15, 0.2) is 48.0 Å². The Labute approximate surface area is 158 Å². The van der Waals surface area contributed by atoms with Crippen molar-refractivity contribution in [1.29, 1.82) is 0 Å². The Morgan fingerprint density at radius 3 is 3.00 bits per heavy atom. The summed E-state index contributed by atoms with van der Waals surface area (Å²) in [6.45, 7) is 4.89. The molecular formula is C20H25N5O2. The zero-order valence-electron chi connectivity index (χ0n) is 15.7. The third kappa shape index (κ3) is 4.02. The molecule has 1 aliphatic heterocycles. The molecule has 0 spiro atoms. The number of rotatable bonds is 5. The lowest BCUT2D eigenvalue weighted by Crippen LogP contribution is -2.49. The summed E-state index contributed by atoms with van der Waals surface area (Å²) in [6, 6.07) is 5.82. The van der Waals surface area contributed by atoms with Crippen LogP contribution in [0.4, 0.5) is 11.5 Å². The van der Waals surface area contributed by atoms with Crippen molar-refractivity contribution >= 4 is 17.4 Å². The molecule has 1 aliphatic rings. The molecule has 0 aromatic carbocycles. The lowest BCUT2D eigenvalue weighted by atomic mass is 10.0. The molecule has 2 N–H and O–H groups in total. The molecule has 0 bridgehead atoms. The Morgan fingerprint density at radius 1 is 1.44 bits per heavy atom. The van der Waals surface area contributed by atoms with Crippen LogP contribution in [0.1, 0.15) is 12.8 Å². The van der Waals surface area contributed by atoms with Crippen molar-refractivity contribution in [3.05, 3.63) is 53.6 Å². The predicted octanol–water partition coefficient (Wildman–Crippen LogP) is 2.09. The molecule has 0 saturated carbocycles. The first-order chi connectivity index (χ1) is 13.0. The van der Waals surface area contributed by atoms with Gasteiger partial charge in [-0.05, 0) is 42.7 Å². The standard InChI is InChI=1S/C20H25N5O2/c1-4-19(26)25-9-5-6-16(13-25)24(3)17-10-15(12-23-20(17)27)14-7-8-22-18(11-14)21-2/h4,7-8,10-12,16H,1,5-6,9,13H2,2-3H3,(H,21,22)(H,23,27). The van der Waals surface area contributed by atoms with E-state index in [1.807, 2.05) is 37.2 Å². The SMILES string of the molecule is C=CC(=O)N1CCCC(N(C)c2cc(-c3ccnc(NC)c3)c[nH]c2=O)C1. The van der Waals surface area contributed by atoms with Crippen molar-refractivity contribution < 1.29 is 4.79 Å². The van der Waals surface area contributed by atoms with Gasteiger partial charge in [0.25, 0.3) is 5.56 Å². The van der Waals surface area contributed by atoms with Crippen LogP contribution in [0.5, 0.6) is 0 Å². The second-order valence-corrected chi connectivity index (χ2v) is 6.68. The number of carbonyl (C=O) groups is 1. The summed E-state index contributed by atoms with van der Waals surface area (Å²) in [5.74, 6) is 0.701. The van der Waals surface area contributed by atoms with Gasteiger partial charge in [0.2, 0.25) is 5.91 Å². The first kappa shape index (κ1) is 18.7. The van der Waals surface area contributed by atoms with E-state index in [2.05, 4.69) is 21.9 Å². The zero-order chi connectivity index (χ0) is 19.4. The highest BCUT2D eigenvalue weighted by atomic mass is 16.2. The summed E-state index contributed by atoms with van der Waals surface area (Å²) in [7, 11) is 3.73. The minimum Gasteiger partial charge on any atom is -0.373 e. The number of piperidine rings is 1. The second kappa shape index (κ2) is 8.07. The fraction of sp³-hybridized carbons (Fsp3) is 0.350. The van der Waals surface area contributed by atoms with Gasteiger partial charge >= 0.3 is 0 Å². The van der Waals surface area contributed by atoms with E-state index in [0.29, 0.717) is 12.2 Å². The van der Waals surface area contributed by atoms with Crippen LogP contribution in [0.3, 0.4) is 0 Å². The van der Waals surface area contributed by atoms with Crippen molar-refractivity contribution in [2.45, 2.75) is 18.9 Å². The fourth-order valence-electron chi connectivity index (χ4n) is 3.44. The van der Waals surface area contributed by atoms with E-state index in [-0.39, 0.29) is 17.5 Å². The van der Waals surface area contributed by atoms with Gasteiger partial charge in [0, 0.05) is 51.2 Å². The Morgan fingerprint density at radius 2 is 2.26 bits per heavy atom. The highest BCUT2D eigenvalue weighted by molar-refractivity contribution is 5.87. The topological polar surface area (TPSA) is 81.3 Å². The number of hydrogen-bond acceptors (Lipinski definition) is 5. The Hall–Kier alpha value is -3.09. The number of nitrogens with one attached hydrogen (secondary N) is 2. The number of pyridine rings is 2. The molecule has 2 aromatic rings. The van der Waals surface area contributed by atoms with Gasteiger partial charge in [-0.25, -0.2) is 4.98 Å². The Bertz CT molecular complexity index is 892. The molecule has 7 nitrogen and oxygen atoms in total. The zero-order valence-corrected chi connectivity index (χ0v) is 15.7. The molecule has 27 heavy (non-hydrogen) atoms. The minimum absolute atomic E-state index is 0.0628. The van der Waals surface area contributed by atoms with Crippen LogP contribution >= 0.6 is 0 Å². The quantitative estimate of drug-likeness (QED) is 0.791. The van der Waals surface area contributed by atoms with E-state index in [0.717, 1.165) is 36.3 Å². The van der Waals surface area contributed by atoms with E-state index in [9.17, 15) is 9.59 Å². The molecular weight excluding hydrogens is 342 g/mol. The van der Waals surface area contributed by atoms with Gasteiger partial charge < -0.3 is 20.1 Å². The summed E-state index contributed by atoms with van der Waals surface area (Å²) in [5, 5.41) is 3.02. The molecule has 0 radical (unpaired) electrons. The highest BCUT2D eigenvalue weighted by Crippen LogP contribution is 2.25. The maximum atomic E-state index is 12.5. The average Bonchev–Trinajstić information content (AvgIpc) is 2.73. The molecule has 7 heteroatoms. The maximum Gasteiger partial charge on any atom is 0.271 e. The first-order valence-corrected chi connectivity index (χ1v) is 9.04. The second-order valence-electron chi connectivity index (χ2n) is 6.68. The van der Waals surface area contributed by atoms with Crippen molar-refractivity contribution in [2.75, 3.05) is 37.4 Å². The van der Waals surface area contributed by atoms with Crippen LogP contribution in [-0.4, -0.2) is 54.0 Å². The average molecular weight is 367 g/mol. The third-order valence-electron chi connectivity index (χ3n) is 5.04. The van der Waals surface area contributed by atoms with Gasteiger partial charge in [0.1, 0.15) is 11.5 Å². The van der Waals surface area contributed by atoms with Gasteiger partial charge in [0.05, 0.1) is 0 Å². The van der Waals surface area contributed by atoms with Crippen LogP contribution in [-0.2, 0) is 4.79 Å². The normalized spacial score (nSPS) is 16.7. The highest BCUT2D eigenvalue weighted by Gasteiger charge is 2.26. The van der Waals surface area contributed by atoms with Gasteiger partial charge in [-0.3, -0.25) is 9.59 Å². The van der Waals surface area contributed by atoms with Crippen molar-refractivity contribution in [3.63, 3.8) is 0 Å². The maximum absolute atomic E-state index is 12.5. The van der Waals surface area contributed by atoms with Crippen molar-refractivity contribution in [2.24, 2.45) is 0 Å². The lowest BCUT2D eigenvalue weighted by Gasteiger charge is -2.38. The van der Waals surface area contributed by atoms with Crippen LogP contribution < -0.4 is 15.8 Å². The number of likely N-dealkylation sites (N-methyl/N-ethyl adjacent to an activating group) is 1. The summed E-state index contributed by atoms with van der Waals surface area (Å²) < 4.78 is 0. The van der Waals surface area contributed by atoms with Gasteiger partial charge in [-0.15, -0.1) is 0 Å². The monoisotopic (exact) mass is 367 g/mol. The van der Waals surface area contributed by atoms with E-state index >= 15 is 0 Å². The molecule has 0 aliphatic carbocycles. The Balaban J connectivity index is 1.88. The summed E-state index contributed by atoms with van der Waals surface area (Å²) in [6.07, 6.45) is 6.62. The van der Waals surface area contributed by atoms with Crippen LogP contribution in [0.25, 0.3) is 11.1 Å². The van der Waals surface area contributed by atoms with Crippen molar-refractivity contribution in [3.8, 4) is 11.1 Å². The number of likely N-dealkylation sites (tertiary alicyclic amines) is 1. The van der Waals surface area contributed by atoms with E-state index in [1.54, 1.807) is 17.3 Å². The molecule has 3 rings (SSSR count). The number of amides is 1. The van der Waals surface area contributed by atoms with E-state index < -0.39 is 0 Å². The number of carbonyl (C=O) groups excluding carboxylic acids is 1. The minimum atomic E-state index is -0.142. The largest absolute Gasteiger partial charge is 0.373 e. The number of anilines is 2. The summed E-state index contributed by atoms with van der Waals surface area (Å²) in [4.78, 5) is 35.2. The number of nitrogens with zero attached hydrogens (tertiary/aromatic N) is 3. The molecule has 1 amide bonds. The smallest absolute Gasteiger partial charge is 0.271 e. The summed E-state index contributed by atoms with van der Waals surface area (Å²) in [5.41, 5.74) is 2.32. The first-order valence-electron chi connectivity index (χ1n) is 9.04.